The molecule has 0 N–H and O–H groups in total. The molecule has 4 rings (SSSR count). The predicted octanol–water partition coefficient (Wildman–Crippen LogP) is 4.87. The van der Waals surface area contributed by atoms with Gasteiger partial charge in [-0.3, -0.25) is 0 Å². The molecule has 0 aliphatic carbocycles. The van der Waals surface area contributed by atoms with Gasteiger partial charge >= 0.3 is 0 Å². The second-order valence-electron chi connectivity index (χ2n) is 6.14. The fraction of sp³-hybridized carbons (Fsp3) is 0.263. The number of halogens is 2. The maximum Gasteiger partial charge on any atom is 0.240 e. The van der Waals surface area contributed by atoms with Crippen LogP contribution in [0, 0.1) is 0 Å². The minimum atomic E-state index is -2.29. The van der Waals surface area contributed by atoms with Crippen LogP contribution in [0.4, 0.5) is 8.78 Å². The molecule has 0 saturated heterocycles. The van der Waals surface area contributed by atoms with Crippen LogP contribution in [0.25, 0.3) is 27.5 Å². The van der Waals surface area contributed by atoms with Gasteiger partial charge in [-0.25, -0.2) is 8.78 Å². The third kappa shape index (κ3) is 2.05. The number of aromatic nitrogens is 1. The first-order valence-electron chi connectivity index (χ1n) is 7.79. The van der Waals surface area contributed by atoms with Crippen molar-refractivity contribution >= 4 is 27.5 Å². The van der Waals surface area contributed by atoms with Crippen LogP contribution in [-0.2, 0) is 13.1 Å². The fourth-order valence-electron chi connectivity index (χ4n) is 3.65. The first kappa shape index (κ1) is 14.2. The Bertz CT molecular complexity index is 924. The normalized spacial score (nSPS) is 14.4. The SMILES string of the molecule is C=C1c2ccc3c(c2CN1C)c1ccccc1n3CCC(F)F. The summed E-state index contributed by atoms with van der Waals surface area (Å²) in [5, 5.41) is 2.31. The molecule has 4 heteroatoms. The van der Waals surface area contributed by atoms with Crippen LogP contribution < -0.4 is 0 Å². The lowest BCUT2D eigenvalue weighted by atomic mass is 10.0. The zero-order valence-corrected chi connectivity index (χ0v) is 13.0. The van der Waals surface area contributed by atoms with Crippen LogP contribution in [0.5, 0.6) is 0 Å². The maximum absolute atomic E-state index is 12.7. The van der Waals surface area contributed by atoms with Gasteiger partial charge in [0.1, 0.15) is 0 Å². The van der Waals surface area contributed by atoms with Crippen molar-refractivity contribution in [2.24, 2.45) is 0 Å². The highest BCUT2D eigenvalue weighted by Crippen LogP contribution is 2.40. The maximum atomic E-state index is 12.7. The Labute approximate surface area is 133 Å². The molecule has 1 aromatic heterocycles. The van der Waals surface area contributed by atoms with E-state index < -0.39 is 6.43 Å². The number of hydrogen-bond acceptors (Lipinski definition) is 1. The Morgan fingerprint density at radius 3 is 2.70 bits per heavy atom. The summed E-state index contributed by atoms with van der Waals surface area (Å²) >= 11 is 0. The zero-order chi connectivity index (χ0) is 16.1. The fourth-order valence-corrected chi connectivity index (χ4v) is 3.65. The lowest BCUT2D eigenvalue weighted by molar-refractivity contribution is 0.132. The van der Waals surface area contributed by atoms with Crippen molar-refractivity contribution < 1.29 is 8.78 Å². The predicted molar refractivity (Wildman–Crippen MR) is 90.6 cm³/mol. The van der Waals surface area contributed by atoms with Gasteiger partial charge in [-0.15, -0.1) is 0 Å². The molecule has 0 atom stereocenters. The molecule has 0 fully saturated rings. The van der Waals surface area contributed by atoms with Crippen molar-refractivity contribution in [2.75, 3.05) is 7.05 Å². The quantitative estimate of drug-likeness (QED) is 0.670. The van der Waals surface area contributed by atoms with Crippen LogP contribution in [-0.4, -0.2) is 22.9 Å². The second-order valence-corrected chi connectivity index (χ2v) is 6.14. The number of nitrogens with zero attached hydrogens (tertiary/aromatic N) is 2. The summed E-state index contributed by atoms with van der Waals surface area (Å²) < 4.78 is 27.5. The molecular formula is C19H18F2N2. The smallest absolute Gasteiger partial charge is 0.240 e. The molecule has 118 valence electrons. The van der Waals surface area contributed by atoms with Gasteiger partial charge in [0.25, 0.3) is 0 Å². The summed E-state index contributed by atoms with van der Waals surface area (Å²) in [5.41, 5.74) is 5.50. The van der Waals surface area contributed by atoms with Crippen molar-refractivity contribution in [3.63, 3.8) is 0 Å². The molecule has 1 aliphatic rings. The van der Waals surface area contributed by atoms with E-state index in [9.17, 15) is 8.78 Å². The molecule has 2 aromatic carbocycles. The number of hydrogen-bond donors (Lipinski definition) is 0. The van der Waals surface area contributed by atoms with Gasteiger partial charge in [0, 0.05) is 59.6 Å². The molecule has 0 radical (unpaired) electrons. The van der Waals surface area contributed by atoms with Crippen molar-refractivity contribution in [2.45, 2.75) is 25.9 Å². The van der Waals surface area contributed by atoms with Gasteiger partial charge in [0.05, 0.1) is 0 Å². The van der Waals surface area contributed by atoms with E-state index >= 15 is 0 Å². The Morgan fingerprint density at radius 2 is 1.91 bits per heavy atom. The third-order valence-corrected chi connectivity index (χ3v) is 4.78. The molecule has 23 heavy (non-hydrogen) atoms. The lowest BCUT2D eigenvalue weighted by Crippen LogP contribution is -2.06. The van der Waals surface area contributed by atoms with Gasteiger partial charge in [0.2, 0.25) is 6.43 Å². The van der Waals surface area contributed by atoms with Gasteiger partial charge in [-0.05, 0) is 17.7 Å². The summed E-state index contributed by atoms with van der Waals surface area (Å²) in [7, 11) is 2.03. The van der Waals surface area contributed by atoms with Crippen LogP contribution in [0.2, 0.25) is 0 Å². The topological polar surface area (TPSA) is 8.17 Å². The highest BCUT2D eigenvalue weighted by molar-refractivity contribution is 6.11. The molecule has 0 saturated carbocycles. The van der Waals surface area contributed by atoms with E-state index in [0.717, 1.165) is 34.2 Å². The first-order valence-corrected chi connectivity index (χ1v) is 7.79. The number of aryl methyl sites for hydroxylation is 1. The van der Waals surface area contributed by atoms with Gasteiger partial charge < -0.3 is 9.47 Å². The number of benzene rings is 2. The van der Waals surface area contributed by atoms with Gasteiger partial charge in [-0.1, -0.05) is 30.8 Å². The van der Waals surface area contributed by atoms with Gasteiger partial charge in [-0.2, -0.15) is 0 Å². The van der Waals surface area contributed by atoms with Crippen LogP contribution in [0.1, 0.15) is 17.5 Å². The standard InChI is InChI=1S/C19H18F2N2/c1-12-13-7-8-17-19(15(13)11-22(12)2)14-5-3-4-6-16(14)23(17)10-9-18(20)21/h3-8,18H,1,9-11H2,2H3. The van der Waals surface area contributed by atoms with Crippen molar-refractivity contribution in [1.82, 2.24) is 9.47 Å². The van der Waals surface area contributed by atoms with Crippen LogP contribution >= 0.6 is 0 Å². The van der Waals surface area contributed by atoms with E-state index in [2.05, 4.69) is 23.6 Å². The van der Waals surface area contributed by atoms with E-state index in [0.29, 0.717) is 6.54 Å². The minimum absolute atomic E-state index is 0.128. The summed E-state index contributed by atoms with van der Waals surface area (Å²) in [4.78, 5) is 2.13. The highest BCUT2D eigenvalue weighted by atomic mass is 19.3. The third-order valence-electron chi connectivity index (χ3n) is 4.78. The molecule has 2 heterocycles. The van der Waals surface area contributed by atoms with Crippen molar-refractivity contribution in [1.29, 1.82) is 0 Å². The average molecular weight is 312 g/mol. The largest absolute Gasteiger partial charge is 0.370 e. The van der Waals surface area contributed by atoms with Crippen LogP contribution in [0.15, 0.2) is 43.0 Å². The zero-order valence-electron chi connectivity index (χ0n) is 13.0. The molecule has 1 aliphatic heterocycles. The van der Waals surface area contributed by atoms with E-state index in [1.165, 1.54) is 10.9 Å². The summed E-state index contributed by atoms with van der Waals surface area (Å²) in [6.07, 6.45) is -2.41. The first-order chi connectivity index (χ1) is 11.1. The lowest BCUT2D eigenvalue weighted by Gasteiger charge is -2.10. The van der Waals surface area contributed by atoms with E-state index in [4.69, 9.17) is 0 Å². The van der Waals surface area contributed by atoms with Crippen molar-refractivity contribution in [3.05, 3.63) is 54.1 Å². The molecule has 3 aromatic rings. The molecule has 0 spiro atoms. The molecule has 0 amide bonds. The number of alkyl halides is 2. The molecule has 0 bridgehead atoms. The monoisotopic (exact) mass is 312 g/mol. The van der Waals surface area contributed by atoms with E-state index in [1.807, 2.05) is 35.9 Å². The molecule has 0 unspecified atom stereocenters. The Balaban J connectivity index is 2.03. The summed E-state index contributed by atoms with van der Waals surface area (Å²) in [5.74, 6) is 0. The number of para-hydroxylation sites is 1. The highest BCUT2D eigenvalue weighted by Gasteiger charge is 2.24. The number of rotatable bonds is 3. The Kier molecular flexibility index (Phi) is 3.15. The summed E-state index contributed by atoms with van der Waals surface area (Å²) in [6.45, 7) is 5.29. The van der Waals surface area contributed by atoms with Gasteiger partial charge in [0.15, 0.2) is 0 Å². The van der Waals surface area contributed by atoms with E-state index in [1.54, 1.807) is 0 Å². The average Bonchev–Trinajstić information content (AvgIpc) is 3.01. The number of fused-ring (bicyclic) bond motifs is 5. The molecular weight excluding hydrogens is 294 g/mol. The van der Waals surface area contributed by atoms with Crippen molar-refractivity contribution in [3.8, 4) is 0 Å². The Morgan fingerprint density at radius 1 is 1.13 bits per heavy atom. The second kappa shape index (κ2) is 5.08. The Hall–Kier alpha value is -2.36. The minimum Gasteiger partial charge on any atom is -0.370 e. The summed E-state index contributed by atoms with van der Waals surface area (Å²) in [6, 6.07) is 12.2. The van der Waals surface area contributed by atoms with E-state index in [-0.39, 0.29) is 6.42 Å². The van der Waals surface area contributed by atoms with Crippen LogP contribution in [0.3, 0.4) is 0 Å². The molecule has 2 nitrogen and oxygen atoms in total.